The lowest BCUT2D eigenvalue weighted by molar-refractivity contribution is 0.279. The summed E-state index contributed by atoms with van der Waals surface area (Å²) in [6.07, 6.45) is 4.07. The molecule has 0 aliphatic carbocycles. The molecule has 27 heavy (non-hydrogen) atoms. The van der Waals surface area contributed by atoms with Crippen LogP contribution < -0.4 is 0 Å². The smallest absolute Gasteiger partial charge is 0.227 e. The van der Waals surface area contributed by atoms with Gasteiger partial charge in [-0.3, -0.25) is 4.90 Å². The fourth-order valence-electron chi connectivity index (χ4n) is 3.02. The number of nitrogens with zero attached hydrogens (tertiary/aromatic N) is 3. The number of hydrogen-bond acceptors (Lipinski definition) is 5. The minimum atomic E-state index is -3.38. The Morgan fingerprint density at radius 3 is 2.56 bits per heavy atom. The van der Waals surface area contributed by atoms with Gasteiger partial charge >= 0.3 is 0 Å². The van der Waals surface area contributed by atoms with Gasteiger partial charge in [-0.05, 0) is 31.2 Å². The summed E-state index contributed by atoms with van der Waals surface area (Å²) in [6.45, 7) is 3.45. The van der Waals surface area contributed by atoms with E-state index < -0.39 is 9.84 Å². The number of hydrogen-bond donors (Lipinski definition) is 0. The summed E-state index contributed by atoms with van der Waals surface area (Å²) in [6, 6.07) is 13.8. The van der Waals surface area contributed by atoms with Gasteiger partial charge in [0.15, 0.2) is 0 Å². The number of benzene rings is 1. The Kier molecular flexibility index (Phi) is 6.13. The molecule has 0 saturated carbocycles. The molecule has 0 aliphatic heterocycles. The Hall–Kier alpha value is -2.38. The van der Waals surface area contributed by atoms with Crippen molar-refractivity contribution in [1.82, 2.24) is 14.5 Å². The molecular formula is C20H25N3O3S. The second kappa shape index (κ2) is 8.54. The molecule has 0 radical (unpaired) electrons. The number of imidazole rings is 1. The van der Waals surface area contributed by atoms with Crippen LogP contribution in [0.5, 0.6) is 0 Å². The molecule has 0 spiro atoms. The van der Waals surface area contributed by atoms with E-state index in [-0.39, 0.29) is 10.9 Å². The fraction of sp³-hybridized carbons (Fsp3) is 0.350. The van der Waals surface area contributed by atoms with E-state index >= 15 is 0 Å². The quantitative estimate of drug-likeness (QED) is 0.564. The van der Waals surface area contributed by atoms with Gasteiger partial charge in [0.25, 0.3) is 0 Å². The number of aromatic nitrogens is 2. The summed E-state index contributed by atoms with van der Waals surface area (Å²) in [5, 5.41) is 0.155. The van der Waals surface area contributed by atoms with Crippen LogP contribution in [0, 0.1) is 0 Å². The van der Waals surface area contributed by atoms with Crippen LogP contribution in [-0.2, 0) is 35.9 Å². The molecule has 0 N–H and O–H groups in total. The molecule has 1 aromatic carbocycles. The van der Waals surface area contributed by atoms with Gasteiger partial charge in [0.05, 0.1) is 30.5 Å². The maximum absolute atomic E-state index is 12.5. The number of rotatable bonds is 9. The maximum atomic E-state index is 12.5. The van der Waals surface area contributed by atoms with E-state index in [1.54, 1.807) is 19.4 Å². The Morgan fingerprint density at radius 1 is 1.11 bits per heavy atom. The molecular weight excluding hydrogens is 362 g/mol. The molecule has 144 valence electrons. The average molecular weight is 388 g/mol. The van der Waals surface area contributed by atoms with Crippen molar-refractivity contribution in [2.75, 3.05) is 12.8 Å². The molecule has 0 saturated heterocycles. The van der Waals surface area contributed by atoms with Gasteiger partial charge < -0.3 is 8.98 Å². The zero-order valence-corrected chi connectivity index (χ0v) is 16.5. The van der Waals surface area contributed by atoms with Crippen LogP contribution in [0.15, 0.2) is 64.5 Å². The molecule has 3 rings (SSSR count). The summed E-state index contributed by atoms with van der Waals surface area (Å²) in [5.74, 6) is 0.908. The largest absolute Gasteiger partial charge is 0.468 e. The monoisotopic (exact) mass is 387 g/mol. The van der Waals surface area contributed by atoms with Crippen molar-refractivity contribution in [1.29, 1.82) is 0 Å². The summed E-state index contributed by atoms with van der Waals surface area (Å²) < 4.78 is 32.2. The van der Waals surface area contributed by atoms with Crippen molar-refractivity contribution in [3.05, 3.63) is 71.9 Å². The van der Waals surface area contributed by atoms with E-state index in [0.29, 0.717) is 19.6 Å². The van der Waals surface area contributed by atoms with Gasteiger partial charge in [0.1, 0.15) is 5.76 Å². The topological polar surface area (TPSA) is 68.3 Å². The second-order valence-electron chi connectivity index (χ2n) is 6.57. The van der Waals surface area contributed by atoms with Gasteiger partial charge in [-0.25, -0.2) is 13.4 Å². The van der Waals surface area contributed by atoms with Crippen molar-refractivity contribution in [2.24, 2.45) is 0 Å². The Morgan fingerprint density at radius 2 is 1.89 bits per heavy atom. The first-order valence-electron chi connectivity index (χ1n) is 9.01. The van der Waals surface area contributed by atoms with Crippen LogP contribution in [0.4, 0.5) is 0 Å². The van der Waals surface area contributed by atoms with E-state index in [1.807, 2.05) is 54.1 Å². The van der Waals surface area contributed by atoms with Crippen molar-refractivity contribution >= 4 is 9.84 Å². The lowest BCUT2D eigenvalue weighted by atomic mass is 10.1. The van der Waals surface area contributed by atoms with Gasteiger partial charge in [-0.2, -0.15) is 0 Å². The minimum absolute atomic E-state index is 0.0387. The molecule has 0 aliphatic rings. The first-order chi connectivity index (χ1) is 13.0. The van der Waals surface area contributed by atoms with Gasteiger partial charge in [-0.1, -0.05) is 37.3 Å². The van der Waals surface area contributed by atoms with Crippen LogP contribution in [0.1, 0.15) is 23.9 Å². The molecule has 0 atom stereocenters. The minimum Gasteiger partial charge on any atom is -0.468 e. The highest BCUT2D eigenvalue weighted by atomic mass is 32.2. The summed E-state index contributed by atoms with van der Waals surface area (Å²) >= 11 is 0. The first-order valence-corrected chi connectivity index (χ1v) is 10.7. The number of furan rings is 1. The Balaban J connectivity index is 1.82. The van der Waals surface area contributed by atoms with Crippen LogP contribution in [0.3, 0.4) is 0 Å². The van der Waals surface area contributed by atoms with E-state index in [4.69, 9.17) is 4.42 Å². The highest BCUT2D eigenvalue weighted by molar-refractivity contribution is 7.91. The predicted molar refractivity (Wildman–Crippen MR) is 104 cm³/mol. The van der Waals surface area contributed by atoms with E-state index in [1.165, 1.54) is 5.56 Å². The molecule has 0 bridgehead atoms. The third-order valence-corrected chi connectivity index (χ3v) is 6.11. The third kappa shape index (κ3) is 4.87. The molecule has 7 heteroatoms. The Bertz CT molecular complexity index is 948. The molecule has 0 amide bonds. The van der Waals surface area contributed by atoms with Gasteiger partial charge in [0.2, 0.25) is 15.0 Å². The number of aryl methyl sites for hydroxylation is 1. The van der Waals surface area contributed by atoms with E-state index in [0.717, 1.165) is 17.9 Å². The standard InChI is InChI=1S/C20H25N3O3S/c1-3-27(24,25)20-21-14-18(15-22(2)16-19-10-7-13-26-19)23(20)12-11-17-8-5-4-6-9-17/h4-10,13-14H,3,11-12,15-16H2,1-2H3. The SMILES string of the molecule is CCS(=O)(=O)c1ncc(CN(C)Cc2ccco2)n1CCc1ccccc1. The highest BCUT2D eigenvalue weighted by Crippen LogP contribution is 2.17. The van der Waals surface area contributed by atoms with Gasteiger partial charge in [0, 0.05) is 13.1 Å². The van der Waals surface area contributed by atoms with E-state index in [9.17, 15) is 8.42 Å². The zero-order chi connectivity index (χ0) is 19.3. The lowest BCUT2D eigenvalue weighted by Crippen LogP contribution is -2.21. The zero-order valence-electron chi connectivity index (χ0n) is 15.7. The summed E-state index contributed by atoms with van der Waals surface area (Å²) in [7, 11) is -1.41. The Labute approximate surface area is 160 Å². The second-order valence-corrected chi connectivity index (χ2v) is 8.75. The van der Waals surface area contributed by atoms with Crippen molar-refractivity contribution < 1.29 is 12.8 Å². The van der Waals surface area contributed by atoms with Crippen LogP contribution in [0.2, 0.25) is 0 Å². The third-order valence-electron chi connectivity index (χ3n) is 4.46. The number of sulfone groups is 1. The first kappa shape index (κ1) is 19.4. The normalized spacial score (nSPS) is 12.0. The van der Waals surface area contributed by atoms with Crippen LogP contribution in [0.25, 0.3) is 0 Å². The summed E-state index contributed by atoms with van der Waals surface area (Å²) in [4.78, 5) is 6.33. The molecule has 6 nitrogen and oxygen atoms in total. The highest BCUT2D eigenvalue weighted by Gasteiger charge is 2.22. The average Bonchev–Trinajstić information content (AvgIpc) is 3.31. The fourth-order valence-corrected chi connectivity index (χ4v) is 4.04. The van der Waals surface area contributed by atoms with E-state index in [2.05, 4.69) is 9.88 Å². The molecule has 3 aromatic rings. The van der Waals surface area contributed by atoms with Crippen LogP contribution in [-0.4, -0.2) is 35.7 Å². The van der Waals surface area contributed by atoms with Crippen molar-refractivity contribution in [2.45, 2.75) is 38.1 Å². The molecule has 2 aromatic heterocycles. The lowest BCUT2D eigenvalue weighted by Gasteiger charge is -2.18. The van der Waals surface area contributed by atoms with Gasteiger partial charge in [-0.15, -0.1) is 0 Å². The molecule has 0 fully saturated rings. The molecule has 2 heterocycles. The predicted octanol–water partition coefficient (Wildman–Crippen LogP) is 3.14. The molecule has 0 unspecified atom stereocenters. The van der Waals surface area contributed by atoms with Crippen molar-refractivity contribution in [3.63, 3.8) is 0 Å². The maximum Gasteiger partial charge on any atom is 0.227 e. The van der Waals surface area contributed by atoms with Crippen molar-refractivity contribution in [3.8, 4) is 0 Å². The summed E-state index contributed by atoms with van der Waals surface area (Å²) in [5.41, 5.74) is 2.05. The van der Waals surface area contributed by atoms with Crippen LogP contribution >= 0.6 is 0 Å².